The summed E-state index contributed by atoms with van der Waals surface area (Å²) in [6, 6.07) is 5.93. The number of benzene rings is 1. The first-order valence-corrected chi connectivity index (χ1v) is 7.35. The average molecular weight is 262 g/mol. The summed E-state index contributed by atoms with van der Waals surface area (Å²) >= 11 is 0. The number of nitrogens with one attached hydrogen (secondary N) is 1. The van der Waals surface area contributed by atoms with E-state index in [1.165, 1.54) is 6.42 Å². The first kappa shape index (κ1) is 14.2. The van der Waals surface area contributed by atoms with Crippen molar-refractivity contribution in [2.75, 3.05) is 17.6 Å². The molecule has 2 rings (SSSR count). The second kappa shape index (κ2) is 5.83. The van der Waals surface area contributed by atoms with Gasteiger partial charge in [-0.05, 0) is 62.3 Å². The SMILES string of the molecule is CCC1CCC(O)(CNc2ccc(N)c(C)c2)CC1. The first-order chi connectivity index (χ1) is 9.02. The first-order valence-electron chi connectivity index (χ1n) is 7.35. The van der Waals surface area contributed by atoms with Gasteiger partial charge in [-0.25, -0.2) is 0 Å². The fraction of sp³-hybridized carbons (Fsp3) is 0.625. The van der Waals surface area contributed by atoms with E-state index < -0.39 is 5.60 Å². The molecule has 0 aliphatic heterocycles. The summed E-state index contributed by atoms with van der Waals surface area (Å²) in [6.45, 7) is 4.87. The molecule has 0 aromatic heterocycles. The third-order valence-electron chi connectivity index (χ3n) is 4.50. The van der Waals surface area contributed by atoms with Gasteiger partial charge in [-0.15, -0.1) is 0 Å². The molecule has 106 valence electrons. The molecule has 0 radical (unpaired) electrons. The Morgan fingerprint density at radius 3 is 2.63 bits per heavy atom. The molecule has 3 nitrogen and oxygen atoms in total. The Labute approximate surface area is 116 Å². The number of nitrogen functional groups attached to an aromatic ring is 1. The largest absolute Gasteiger partial charge is 0.399 e. The highest BCUT2D eigenvalue weighted by Gasteiger charge is 2.32. The lowest BCUT2D eigenvalue weighted by atomic mass is 9.78. The molecule has 1 aliphatic carbocycles. The van der Waals surface area contributed by atoms with Gasteiger partial charge >= 0.3 is 0 Å². The average Bonchev–Trinajstić information content (AvgIpc) is 2.41. The third-order valence-corrected chi connectivity index (χ3v) is 4.50. The van der Waals surface area contributed by atoms with Crippen LogP contribution in [-0.2, 0) is 0 Å². The lowest BCUT2D eigenvalue weighted by Crippen LogP contribution is -2.40. The van der Waals surface area contributed by atoms with Gasteiger partial charge in [0.25, 0.3) is 0 Å². The van der Waals surface area contributed by atoms with Gasteiger partial charge < -0.3 is 16.2 Å². The number of hydrogen-bond acceptors (Lipinski definition) is 3. The minimum absolute atomic E-state index is 0.541. The van der Waals surface area contributed by atoms with Crippen LogP contribution < -0.4 is 11.1 Å². The smallest absolute Gasteiger partial charge is 0.0819 e. The van der Waals surface area contributed by atoms with Crippen LogP contribution >= 0.6 is 0 Å². The highest BCUT2D eigenvalue weighted by atomic mass is 16.3. The van der Waals surface area contributed by atoms with E-state index in [2.05, 4.69) is 12.2 Å². The van der Waals surface area contributed by atoms with Gasteiger partial charge in [0.2, 0.25) is 0 Å². The number of aliphatic hydroxyl groups is 1. The van der Waals surface area contributed by atoms with Crippen molar-refractivity contribution in [2.24, 2.45) is 5.92 Å². The summed E-state index contributed by atoms with van der Waals surface area (Å²) in [5, 5.41) is 13.9. The minimum Gasteiger partial charge on any atom is -0.399 e. The van der Waals surface area contributed by atoms with Gasteiger partial charge in [0.05, 0.1) is 5.60 Å². The number of aryl methyl sites for hydroxylation is 1. The molecule has 1 fully saturated rings. The molecular formula is C16H26N2O. The van der Waals surface area contributed by atoms with E-state index in [9.17, 15) is 5.11 Å². The molecule has 0 atom stereocenters. The highest BCUT2D eigenvalue weighted by molar-refractivity contribution is 5.56. The summed E-state index contributed by atoms with van der Waals surface area (Å²) in [5.74, 6) is 0.805. The second-order valence-electron chi connectivity index (χ2n) is 6.00. The molecule has 0 saturated heterocycles. The molecule has 1 aromatic rings. The monoisotopic (exact) mass is 262 g/mol. The molecule has 3 heteroatoms. The van der Waals surface area contributed by atoms with Crippen LogP contribution in [0.3, 0.4) is 0 Å². The molecule has 19 heavy (non-hydrogen) atoms. The van der Waals surface area contributed by atoms with Crippen LogP contribution in [-0.4, -0.2) is 17.3 Å². The maximum Gasteiger partial charge on any atom is 0.0819 e. The summed E-state index contributed by atoms with van der Waals surface area (Å²) < 4.78 is 0. The van der Waals surface area contributed by atoms with E-state index in [-0.39, 0.29) is 0 Å². The molecule has 0 heterocycles. The van der Waals surface area contributed by atoms with Crippen LogP contribution in [0.25, 0.3) is 0 Å². The molecule has 1 saturated carbocycles. The summed E-state index contributed by atoms with van der Waals surface area (Å²) in [4.78, 5) is 0. The van der Waals surface area contributed by atoms with Gasteiger partial charge in [-0.1, -0.05) is 13.3 Å². The van der Waals surface area contributed by atoms with Crippen LogP contribution in [0.2, 0.25) is 0 Å². The van der Waals surface area contributed by atoms with E-state index in [1.54, 1.807) is 0 Å². The molecule has 0 unspecified atom stereocenters. The molecular weight excluding hydrogens is 236 g/mol. The van der Waals surface area contributed by atoms with Gasteiger partial charge in [0.1, 0.15) is 0 Å². The zero-order valence-corrected chi connectivity index (χ0v) is 12.1. The molecule has 0 amide bonds. The molecule has 0 bridgehead atoms. The Bertz CT molecular complexity index is 423. The van der Waals surface area contributed by atoms with Crippen molar-refractivity contribution < 1.29 is 5.11 Å². The standard InChI is InChI=1S/C16H26N2O/c1-3-13-6-8-16(19,9-7-13)11-18-14-4-5-15(17)12(2)10-14/h4-5,10,13,18-19H,3,6-9,11,17H2,1-2H3. The van der Waals surface area contributed by atoms with Crippen molar-refractivity contribution in [3.05, 3.63) is 23.8 Å². The quantitative estimate of drug-likeness (QED) is 0.730. The number of hydrogen-bond donors (Lipinski definition) is 3. The van der Waals surface area contributed by atoms with Crippen LogP contribution in [0.15, 0.2) is 18.2 Å². The Hall–Kier alpha value is -1.22. The molecule has 4 N–H and O–H groups in total. The van der Waals surface area contributed by atoms with Crippen LogP contribution in [0.1, 0.15) is 44.6 Å². The summed E-state index contributed by atoms with van der Waals surface area (Å²) in [6.07, 6.45) is 5.35. The van der Waals surface area contributed by atoms with E-state index in [0.29, 0.717) is 6.54 Å². The predicted octanol–water partition coefficient (Wildman–Crippen LogP) is 3.32. The Morgan fingerprint density at radius 1 is 1.37 bits per heavy atom. The number of rotatable bonds is 4. The third kappa shape index (κ3) is 3.63. The van der Waals surface area contributed by atoms with Crippen molar-refractivity contribution in [2.45, 2.75) is 51.6 Å². The molecule has 0 spiro atoms. The Morgan fingerprint density at radius 2 is 2.05 bits per heavy atom. The predicted molar refractivity (Wildman–Crippen MR) is 81.3 cm³/mol. The van der Waals surface area contributed by atoms with Crippen molar-refractivity contribution in [3.8, 4) is 0 Å². The lowest BCUT2D eigenvalue weighted by molar-refractivity contribution is 0.00229. The Balaban J connectivity index is 1.89. The zero-order chi connectivity index (χ0) is 13.9. The van der Waals surface area contributed by atoms with Crippen molar-refractivity contribution in [1.29, 1.82) is 0 Å². The van der Waals surface area contributed by atoms with E-state index in [0.717, 1.165) is 48.5 Å². The molecule has 1 aromatic carbocycles. The van der Waals surface area contributed by atoms with Crippen molar-refractivity contribution >= 4 is 11.4 Å². The minimum atomic E-state index is -0.541. The fourth-order valence-electron chi connectivity index (χ4n) is 2.85. The summed E-state index contributed by atoms with van der Waals surface area (Å²) in [7, 11) is 0. The maximum absolute atomic E-state index is 10.6. The summed E-state index contributed by atoms with van der Waals surface area (Å²) in [5.41, 5.74) is 8.19. The van der Waals surface area contributed by atoms with E-state index in [1.807, 2.05) is 25.1 Å². The van der Waals surface area contributed by atoms with Crippen LogP contribution in [0.5, 0.6) is 0 Å². The topological polar surface area (TPSA) is 58.3 Å². The highest BCUT2D eigenvalue weighted by Crippen LogP contribution is 2.33. The van der Waals surface area contributed by atoms with Gasteiger partial charge in [0, 0.05) is 17.9 Å². The lowest BCUT2D eigenvalue weighted by Gasteiger charge is -2.36. The number of nitrogens with two attached hydrogens (primary N) is 1. The van der Waals surface area contributed by atoms with Gasteiger partial charge in [0.15, 0.2) is 0 Å². The fourth-order valence-corrected chi connectivity index (χ4v) is 2.85. The maximum atomic E-state index is 10.6. The normalized spacial score (nSPS) is 27.2. The molecule has 1 aliphatic rings. The van der Waals surface area contributed by atoms with E-state index >= 15 is 0 Å². The Kier molecular flexibility index (Phi) is 4.35. The number of anilines is 2. The van der Waals surface area contributed by atoms with Crippen molar-refractivity contribution in [1.82, 2.24) is 0 Å². The van der Waals surface area contributed by atoms with Crippen LogP contribution in [0.4, 0.5) is 11.4 Å². The zero-order valence-electron chi connectivity index (χ0n) is 12.1. The second-order valence-corrected chi connectivity index (χ2v) is 6.00. The van der Waals surface area contributed by atoms with Crippen LogP contribution in [0, 0.1) is 12.8 Å². The van der Waals surface area contributed by atoms with E-state index in [4.69, 9.17) is 5.73 Å². The van der Waals surface area contributed by atoms with Gasteiger partial charge in [-0.2, -0.15) is 0 Å². The van der Waals surface area contributed by atoms with Gasteiger partial charge in [-0.3, -0.25) is 0 Å². The van der Waals surface area contributed by atoms with Crippen molar-refractivity contribution in [3.63, 3.8) is 0 Å².